The van der Waals surface area contributed by atoms with Crippen molar-refractivity contribution in [2.45, 2.75) is 26.3 Å². The first-order valence-corrected chi connectivity index (χ1v) is 8.63. The predicted molar refractivity (Wildman–Crippen MR) is 76.0 cm³/mol. The third-order valence-corrected chi connectivity index (χ3v) is 5.66. The summed E-state index contributed by atoms with van der Waals surface area (Å²) in [4.78, 5) is 5.23. The number of hydrogen-bond donors (Lipinski definition) is 2. The largest absolute Gasteiger partial charge is 0.330 e. The summed E-state index contributed by atoms with van der Waals surface area (Å²) < 4.78 is 28.5. The Morgan fingerprint density at radius 2 is 2.42 bits per heavy atom. The third-order valence-electron chi connectivity index (χ3n) is 3.23. The van der Waals surface area contributed by atoms with Crippen LogP contribution in [0.15, 0.2) is 6.20 Å². The highest BCUT2D eigenvalue weighted by atomic mass is 32.2. The molecule has 0 saturated carbocycles. The fourth-order valence-corrected chi connectivity index (χ4v) is 4.26. The molecule has 0 amide bonds. The summed E-state index contributed by atoms with van der Waals surface area (Å²) in [6.07, 6.45) is 3.63. The lowest BCUT2D eigenvalue weighted by molar-refractivity contribution is 0.268. The summed E-state index contributed by atoms with van der Waals surface area (Å²) in [5, 5.41) is 0.786. The van der Waals surface area contributed by atoms with Crippen molar-refractivity contribution >= 4 is 21.5 Å². The maximum Gasteiger partial charge on any atom is 0.279 e. The van der Waals surface area contributed by atoms with Gasteiger partial charge in [-0.25, -0.2) is 4.98 Å². The van der Waals surface area contributed by atoms with Gasteiger partial charge < -0.3 is 5.73 Å². The molecule has 8 heteroatoms. The summed E-state index contributed by atoms with van der Waals surface area (Å²) in [6, 6.07) is 0. The minimum atomic E-state index is -3.42. The van der Waals surface area contributed by atoms with Crippen LogP contribution < -0.4 is 10.5 Å². The van der Waals surface area contributed by atoms with E-state index in [0.29, 0.717) is 19.6 Å². The number of aryl methyl sites for hydroxylation is 1. The molecule has 1 aromatic rings. The Morgan fingerprint density at radius 1 is 1.63 bits per heavy atom. The van der Waals surface area contributed by atoms with E-state index in [1.807, 2.05) is 6.92 Å². The minimum absolute atomic E-state index is 0.255. The standard InChI is InChI=1S/C11H20N4O2S2/c1-9-6-13-11(18-9)7-14-19(16,17)15-4-2-3-10(5-12)8-15/h6,10,14H,2-5,7-8,12H2,1H3. The first kappa shape index (κ1) is 14.9. The topological polar surface area (TPSA) is 88.3 Å². The van der Waals surface area contributed by atoms with E-state index in [0.717, 1.165) is 22.7 Å². The molecule has 0 radical (unpaired) electrons. The Bertz CT molecular complexity index is 515. The minimum Gasteiger partial charge on any atom is -0.330 e. The van der Waals surface area contributed by atoms with E-state index in [1.165, 1.54) is 15.6 Å². The number of piperidine rings is 1. The van der Waals surface area contributed by atoms with E-state index in [1.54, 1.807) is 6.20 Å². The quantitative estimate of drug-likeness (QED) is 0.827. The monoisotopic (exact) mass is 304 g/mol. The first-order chi connectivity index (χ1) is 9.01. The number of nitrogens with zero attached hydrogens (tertiary/aromatic N) is 2. The number of thiazole rings is 1. The zero-order chi connectivity index (χ0) is 13.9. The van der Waals surface area contributed by atoms with Gasteiger partial charge in [0, 0.05) is 24.2 Å². The average Bonchev–Trinajstić information content (AvgIpc) is 2.82. The fraction of sp³-hybridized carbons (Fsp3) is 0.727. The van der Waals surface area contributed by atoms with Gasteiger partial charge >= 0.3 is 0 Å². The Morgan fingerprint density at radius 3 is 3.05 bits per heavy atom. The van der Waals surface area contributed by atoms with Crippen molar-refractivity contribution < 1.29 is 8.42 Å². The zero-order valence-corrected chi connectivity index (χ0v) is 12.6. The Labute approximate surface area is 118 Å². The molecule has 1 saturated heterocycles. The van der Waals surface area contributed by atoms with E-state index >= 15 is 0 Å². The van der Waals surface area contributed by atoms with Gasteiger partial charge in [-0.15, -0.1) is 11.3 Å². The van der Waals surface area contributed by atoms with Gasteiger partial charge in [0.05, 0.1) is 6.54 Å². The summed E-state index contributed by atoms with van der Waals surface area (Å²) in [6.45, 7) is 3.83. The number of rotatable bonds is 5. The molecule has 3 N–H and O–H groups in total. The molecule has 1 unspecified atom stereocenters. The molecule has 1 fully saturated rings. The molecule has 1 atom stereocenters. The Hall–Kier alpha value is -0.540. The molecule has 108 valence electrons. The van der Waals surface area contributed by atoms with Crippen molar-refractivity contribution in [2.75, 3.05) is 19.6 Å². The molecule has 1 aliphatic heterocycles. The molecule has 2 rings (SSSR count). The van der Waals surface area contributed by atoms with Crippen LogP contribution in [-0.4, -0.2) is 37.3 Å². The zero-order valence-electron chi connectivity index (χ0n) is 11.0. The van der Waals surface area contributed by atoms with Gasteiger partial charge in [-0.1, -0.05) is 0 Å². The van der Waals surface area contributed by atoms with E-state index in [4.69, 9.17) is 5.73 Å². The Balaban J connectivity index is 1.94. The van der Waals surface area contributed by atoms with Crippen LogP contribution >= 0.6 is 11.3 Å². The molecular weight excluding hydrogens is 284 g/mol. The molecule has 1 aliphatic rings. The summed E-state index contributed by atoms with van der Waals surface area (Å²) >= 11 is 1.50. The lowest BCUT2D eigenvalue weighted by atomic mass is 10.0. The van der Waals surface area contributed by atoms with Crippen LogP contribution in [0.1, 0.15) is 22.7 Å². The van der Waals surface area contributed by atoms with Crippen LogP contribution in [0.3, 0.4) is 0 Å². The maximum atomic E-state index is 12.2. The second kappa shape index (κ2) is 6.27. The SMILES string of the molecule is Cc1cnc(CNS(=O)(=O)N2CCCC(CN)C2)s1. The average molecular weight is 304 g/mol. The van der Waals surface area contributed by atoms with Crippen LogP contribution in [-0.2, 0) is 16.8 Å². The predicted octanol–water partition coefficient (Wildman–Crippen LogP) is 0.457. The number of aromatic nitrogens is 1. The highest BCUT2D eigenvalue weighted by Crippen LogP contribution is 2.18. The van der Waals surface area contributed by atoms with Crippen molar-refractivity contribution in [3.63, 3.8) is 0 Å². The number of nitrogens with one attached hydrogen (secondary N) is 1. The molecule has 0 spiro atoms. The van der Waals surface area contributed by atoms with Gasteiger partial charge in [0.15, 0.2) is 0 Å². The van der Waals surface area contributed by atoms with Crippen molar-refractivity contribution in [3.05, 3.63) is 16.1 Å². The molecule has 0 aliphatic carbocycles. The van der Waals surface area contributed by atoms with E-state index in [-0.39, 0.29) is 12.5 Å². The molecule has 0 bridgehead atoms. The lowest BCUT2D eigenvalue weighted by Crippen LogP contribution is -2.47. The van der Waals surface area contributed by atoms with Gasteiger partial charge in [0.1, 0.15) is 5.01 Å². The third kappa shape index (κ3) is 3.96. The molecule has 1 aromatic heterocycles. The molecular formula is C11H20N4O2S2. The maximum absolute atomic E-state index is 12.2. The van der Waals surface area contributed by atoms with Crippen molar-refractivity contribution in [2.24, 2.45) is 11.7 Å². The van der Waals surface area contributed by atoms with Crippen LogP contribution in [0.25, 0.3) is 0 Å². The van der Waals surface area contributed by atoms with Crippen LogP contribution in [0.2, 0.25) is 0 Å². The van der Waals surface area contributed by atoms with Crippen LogP contribution in [0, 0.1) is 12.8 Å². The Kier molecular flexibility index (Phi) is 4.91. The number of nitrogens with two attached hydrogens (primary N) is 1. The van der Waals surface area contributed by atoms with Crippen molar-refractivity contribution in [3.8, 4) is 0 Å². The highest BCUT2D eigenvalue weighted by molar-refractivity contribution is 7.87. The van der Waals surface area contributed by atoms with Crippen molar-refractivity contribution in [1.82, 2.24) is 14.0 Å². The van der Waals surface area contributed by atoms with Crippen LogP contribution in [0.5, 0.6) is 0 Å². The summed E-state index contributed by atoms with van der Waals surface area (Å²) in [5.74, 6) is 0.271. The van der Waals surface area contributed by atoms with Gasteiger partial charge in [0.25, 0.3) is 10.2 Å². The number of hydrogen-bond acceptors (Lipinski definition) is 5. The van der Waals surface area contributed by atoms with E-state index < -0.39 is 10.2 Å². The molecule has 6 nitrogen and oxygen atoms in total. The second-order valence-electron chi connectivity index (χ2n) is 4.79. The van der Waals surface area contributed by atoms with Gasteiger partial charge in [0.2, 0.25) is 0 Å². The van der Waals surface area contributed by atoms with Crippen molar-refractivity contribution in [1.29, 1.82) is 0 Å². The normalized spacial score (nSPS) is 21.7. The van der Waals surface area contributed by atoms with E-state index in [9.17, 15) is 8.42 Å². The van der Waals surface area contributed by atoms with Gasteiger partial charge in [-0.05, 0) is 32.2 Å². The smallest absolute Gasteiger partial charge is 0.279 e. The molecule has 19 heavy (non-hydrogen) atoms. The first-order valence-electron chi connectivity index (χ1n) is 6.37. The summed E-state index contributed by atoms with van der Waals surface area (Å²) in [7, 11) is -3.42. The van der Waals surface area contributed by atoms with Gasteiger partial charge in [-0.3, -0.25) is 0 Å². The summed E-state index contributed by atoms with van der Waals surface area (Å²) in [5.41, 5.74) is 5.63. The highest BCUT2D eigenvalue weighted by Gasteiger charge is 2.28. The second-order valence-corrected chi connectivity index (χ2v) is 7.87. The van der Waals surface area contributed by atoms with E-state index in [2.05, 4.69) is 9.71 Å². The molecule has 2 heterocycles. The van der Waals surface area contributed by atoms with Crippen LogP contribution in [0.4, 0.5) is 0 Å². The lowest BCUT2D eigenvalue weighted by Gasteiger charge is -2.31. The molecule has 0 aromatic carbocycles. The van der Waals surface area contributed by atoms with Gasteiger partial charge in [-0.2, -0.15) is 17.4 Å². The fourth-order valence-electron chi connectivity index (χ4n) is 2.16.